The Morgan fingerprint density at radius 3 is 2.33 bits per heavy atom. The Bertz CT molecular complexity index is 634. The van der Waals surface area contributed by atoms with E-state index in [4.69, 9.17) is 0 Å². The number of benzene rings is 1. The van der Waals surface area contributed by atoms with Crippen LogP contribution in [0.15, 0.2) is 24.3 Å². The van der Waals surface area contributed by atoms with Gasteiger partial charge in [-0.05, 0) is 31.2 Å². The summed E-state index contributed by atoms with van der Waals surface area (Å²) < 4.78 is 0. The Kier molecular flexibility index (Phi) is 5.11. The maximum absolute atomic E-state index is 12.2. The van der Waals surface area contributed by atoms with E-state index in [0.29, 0.717) is 18.8 Å². The molecule has 0 aromatic heterocycles. The van der Waals surface area contributed by atoms with Gasteiger partial charge in [-0.1, -0.05) is 20.8 Å². The second-order valence-electron chi connectivity index (χ2n) is 6.86. The van der Waals surface area contributed by atoms with Gasteiger partial charge in [0.15, 0.2) is 0 Å². The Labute approximate surface area is 141 Å². The number of carbonyl (C=O) groups excluding carboxylic acids is 3. The van der Waals surface area contributed by atoms with Crippen LogP contribution in [0.4, 0.5) is 16.2 Å². The molecule has 1 fully saturated rings. The van der Waals surface area contributed by atoms with Crippen LogP contribution in [-0.2, 0) is 9.59 Å². The van der Waals surface area contributed by atoms with E-state index in [-0.39, 0.29) is 17.8 Å². The van der Waals surface area contributed by atoms with Crippen molar-refractivity contribution >= 4 is 29.2 Å². The number of nitrogens with zero attached hydrogens (tertiary/aromatic N) is 1. The molecule has 7 nitrogen and oxygen atoms in total. The highest BCUT2D eigenvalue weighted by Gasteiger charge is 2.25. The topological polar surface area (TPSA) is 90.5 Å². The Hall–Kier alpha value is -2.57. The fourth-order valence-corrected chi connectivity index (χ4v) is 2.17. The number of urea groups is 1. The lowest BCUT2D eigenvalue weighted by Gasteiger charge is -2.21. The number of anilines is 2. The summed E-state index contributed by atoms with van der Waals surface area (Å²) in [4.78, 5) is 37.3. The highest BCUT2D eigenvalue weighted by Crippen LogP contribution is 2.19. The molecule has 1 aliphatic heterocycles. The molecule has 1 heterocycles. The second kappa shape index (κ2) is 6.90. The molecule has 24 heavy (non-hydrogen) atoms. The van der Waals surface area contributed by atoms with Crippen molar-refractivity contribution < 1.29 is 14.4 Å². The van der Waals surface area contributed by atoms with E-state index in [1.54, 1.807) is 56.9 Å². The smallest absolute Gasteiger partial charge is 0.321 e. The first-order valence-corrected chi connectivity index (χ1v) is 7.96. The zero-order valence-electron chi connectivity index (χ0n) is 14.5. The van der Waals surface area contributed by atoms with Crippen molar-refractivity contribution in [1.82, 2.24) is 10.6 Å². The number of nitrogens with one attached hydrogen (secondary N) is 3. The minimum absolute atomic E-state index is 0.120. The van der Waals surface area contributed by atoms with Gasteiger partial charge >= 0.3 is 6.03 Å². The van der Waals surface area contributed by atoms with Crippen LogP contribution in [0.3, 0.4) is 0 Å². The Morgan fingerprint density at radius 2 is 1.83 bits per heavy atom. The van der Waals surface area contributed by atoms with Gasteiger partial charge in [0, 0.05) is 29.9 Å². The van der Waals surface area contributed by atoms with Crippen LogP contribution in [0.2, 0.25) is 0 Å². The second-order valence-corrected chi connectivity index (χ2v) is 6.86. The summed E-state index contributed by atoms with van der Waals surface area (Å²) in [6.45, 7) is 8.27. The van der Waals surface area contributed by atoms with Crippen LogP contribution in [0.5, 0.6) is 0 Å². The summed E-state index contributed by atoms with van der Waals surface area (Å²) in [6.07, 6.45) is 0. The number of hydrogen-bond acceptors (Lipinski definition) is 3. The van der Waals surface area contributed by atoms with Gasteiger partial charge in [0.2, 0.25) is 11.8 Å². The number of hydrogen-bond donors (Lipinski definition) is 3. The van der Waals surface area contributed by atoms with Crippen LogP contribution < -0.4 is 20.9 Å². The molecule has 0 saturated carbocycles. The molecule has 130 valence electrons. The van der Waals surface area contributed by atoms with Crippen molar-refractivity contribution in [2.75, 3.05) is 23.3 Å². The maximum atomic E-state index is 12.2. The lowest BCUT2D eigenvalue weighted by molar-refractivity contribution is -0.131. The standard InChI is InChI=1S/C17H24N4O3/c1-11(19-15(23)17(2,3)4)14(22)20-12-5-7-13(8-6-12)21-10-9-18-16(21)24/h5-8,11H,9-10H2,1-4H3,(H,18,24)(H,19,23)(H,20,22). The molecular formula is C17H24N4O3. The molecule has 0 radical (unpaired) electrons. The van der Waals surface area contributed by atoms with Crippen LogP contribution >= 0.6 is 0 Å². The molecule has 1 atom stereocenters. The Balaban J connectivity index is 1.94. The molecule has 1 aliphatic rings. The van der Waals surface area contributed by atoms with E-state index in [1.165, 1.54) is 0 Å². The highest BCUT2D eigenvalue weighted by molar-refractivity contribution is 5.98. The van der Waals surface area contributed by atoms with Gasteiger partial charge in [-0.25, -0.2) is 4.79 Å². The molecule has 7 heteroatoms. The zero-order valence-corrected chi connectivity index (χ0v) is 14.5. The van der Waals surface area contributed by atoms with E-state index in [2.05, 4.69) is 16.0 Å². The van der Waals surface area contributed by atoms with Crippen LogP contribution in [0.25, 0.3) is 0 Å². The van der Waals surface area contributed by atoms with Crippen molar-refractivity contribution in [2.45, 2.75) is 33.7 Å². The summed E-state index contributed by atoms with van der Waals surface area (Å²) >= 11 is 0. The first-order chi connectivity index (χ1) is 11.2. The van der Waals surface area contributed by atoms with E-state index < -0.39 is 11.5 Å². The maximum Gasteiger partial charge on any atom is 0.321 e. The third-order valence-corrected chi connectivity index (χ3v) is 3.73. The average molecular weight is 332 g/mol. The molecule has 1 saturated heterocycles. The third-order valence-electron chi connectivity index (χ3n) is 3.73. The number of carbonyl (C=O) groups is 3. The lowest BCUT2D eigenvalue weighted by atomic mass is 9.95. The fraction of sp³-hybridized carbons (Fsp3) is 0.471. The molecule has 1 aromatic carbocycles. The minimum atomic E-state index is -0.638. The van der Waals surface area contributed by atoms with Crippen molar-refractivity contribution in [1.29, 1.82) is 0 Å². The molecule has 4 amide bonds. The van der Waals surface area contributed by atoms with E-state index in [0.717, 1.165) is 5.69 Å². The van der Waals surface area contributed by atoms with Gasteiger partial charge in [0.1, 0.15) is 6.04 Å². The quantitative estimate of drug-likeness (QED) is 0.784. The van der Waals surface area contributed by atoms with Crippen molar-refractivity contribution in [3.8, 4) is 0 Å². The SMILES string of the molecule is CC(NC(=O)C(C)(C)C)C(=O)Nc1ccc(N2CCNC2=O)cc1. The fourth-order valence-electron chi connectivity index (χ4n) is 2.17. The molecule has 2 rings (SSSR count). The van der Waals surface area contributed by atoms with Gasteiger partial charge < -0.3 is 16.0 Å². The van der Waals surface area contributed by atoms with Gasteiger partial charge in [-0.3, -0.25) is 14.5 Å². The Morgan fingerprint density at radius 1 is 1.21 bits per heavy atom. The zero-order chi connectivity index (χ0) is 17.9. The van der Waals surface area contributed by atoms with Crippen LogP contribution in [-0.4, -0.2) is 37.0 Å². The lowest BCUT2D eigenvalue weighted by Crippen LogP contribution is -2.46. The van der Waals surface area contributed by atoms with Gasteiger partial charge in [0.25, 0.3) is 0 Å². The summed E-state index contributed by atoms with van der Waals surface area (Å²) in [6, 6.07) is 6.26. The highest BCUT2D eigenvalue weighted by atomic mass is 16.2. The molecule has 1 aromatic rings. The monoisotopic (exact) mass is 332 g/mol. The van der Waals surface area contributed by atoms with Gasteiger partial charge in [-0.2, -0.15) is 0 Å². The van der Waals surface area contributed by atoms with Crippen molar-refractivity contribution in [3.05, 3.63) is 24.3 Å². The number of rotatable bonds is 4. The third kappa shape index (κ3) is 4.24. The molecular weight excluding hydrogens is 308 g/mol. The first-order valence-electron chi connectivity index (χ1n) is 7.96. The first kappa shape index (κ1) is 17.8. The average Bonchev–Trinajstić information content (AvgIpc) is 2.93. The number of amides is 4. The molecule has 0 spiro atoms. The van der Waals surface area contributed by atoms with E-state index >= 15 is 0 Å². The van der Waals surface area contributed by atoms with Crippen LogP contribution in [0.1, 0.15) is 27.7 Å². The van der Waals surface area contributed by atoms with Crippen molar-refractivity contribution in [3.63, 3.8) is 0 Å². The molecule has 0 aliphatic carbocycles. The van der Waals surface area contributed by atoms with E-state index in [1.807, 2.05) is 0 Å². The minimum Gasteiger partial charge on any atom is -0.344 e. The summed E-state index contributed by atoms with van der Waals surface area (Å²) in [5.41, 5.74) is 0.837. The van der Waals surface area contributed by atoms with Crippen molar-refractivity contribution in [2.24, 2.45) is 5.41 Å². The normalized spacial score (nSPS) is 15.7. The summed E-state index contributed by atoms with van der Waals surface area (Å²) in [5.74, 6) is -0.472. The largest absolute Gasteiger partial charge is 0.344 e. The predicted octanol–water partition coefficient (Wildman–Crippen LogP) is 1.71. The van der Waals surface area contributed by atoms with Gasteiger partial charge in [0.05, 0.1) is 0 Å². The molecule has 0 bridgehead atoms. The van der Waals surface area contributed by atoms with Gasteiger partial charge in [-0.15, -0.1) is 0 Å². The van der Waals surface area contributed by atoms with E-state index in [9.17, 15) is 14.4 Å². The summed E-state index contributed by atoms with van der Waals surface area (Å²) in [7, 11) is 0. The molecule has 1 unspecified atom stereocenters. The summed E-state index contributed by atoms with van der Waals surface area (Å²) in [5, 5.41) is 8.18. The molecule has 3 N–H and O–H groups in total. The predicted molar refractivity (Wildman–Crippen MR) is 92.9 cm³/mol. The van der Waals surface area contributed by atoms with Crippen LogP contribution in [0, 0.1) is 5.41 Å².